The van der Waals surface area contributed by atoms with Gasteiger partial charge in [-0.25, -0.2) is 9.78 Å². The van der Waals surface area contributed by atoms with E-state index in [1.165, 1.54) is 13.1 Å². The second-order valence-corrected chi connectivity index (χ2v) is 5.94. The van der Waals surface area contributed by atoms with Crippen molar-refractivity contribution in [2.75, 3.05) is 0 Å². The summed E-state index contributed by atoms with van der Waals surface area (Å²) in [5, 5.41) is 15.5. The van der Waals surface area contributed by atoms with Crippen LogP contribution in [-0.2, 0) is 4.79 Å². The number of nitrogens with one attached hydrogen (secondary N) is 2. The molecule has 8 heteroatoms. The number of aliphatic hydroxyl groups is 1. The normalized spacial score (nSPS) is 21.1. The molecular formula is C16H14ClN3O4. The molecule has 0 saturated carbocycles. The highest BCUT2D eigenvalue weighted by Gasteiger charge is 2.48. The molecule has 1 aromatic carbocycles. The van der Waals surface area contributed by atoms with Crippen molar-refractivity contribution in [1.82, 2.24) is 15.6 Å². The van der Waals surface area contributed by atoms with Gasteiger partial charge in [0.2, 0.25) is 5.88 Å². The van der Waals surface area contributed by atoms with Crippen LogP contribution in [0.2, 0.25) is 5.02 Å². The van der Waals surface area contributed by atoms with Crippen molar-refractivity contribution in [3.05, 3.63) is 53.2 Å². The van der Waals surface area contributed by atoms with Crippen molar-refractivity contribution >= 4 is 23.5 Å². The topological polar surface area (TPSA) is 101 Å². The number of carbonyl (C=O) groups excluding carboxylic acids is 2. The Bertz CT molecular complexity index is 779. The molecule has 3 N–H and O–H groups in total. The van der Waals surface area contributed by atoms with Gasteiger partial charge in [0, 0.05) is 12.3 Å². The van der Waals surface area contributed by atoms with E-state index in [9.17, 15) is 14.7 Å². The Balaban J connectivity index is 1.75. The van der Waals surface area contributed by atoms with Crippen LogP contribution in [0.1, 0.15) is 18.6 Å². The lowest BCUT2D eigenvalue weighted by molar-refractivity contribution is -0.127. The number of amides is 3. The van der Waals surface area contributed by atoms with Gasteiger partial charge in [-0.2, -0.15) is 0 Å². The highest BCUT2D eigenvalue weighted by Crippen LogP contribution is 2.30. The Morgan fingerprint density at radius 2 is 1.92 bits per heavy atom. The van der Waals surface area contributed by atoms with E-state index in [1.807, 2.05) is 0 Å². The van der Waals surface area contributed by atoms with Gasteiger partial charge in [-0.1, -0.05) is 23.7 Å². The van der Waals surface area contributed by atoms with Crippen LogP contribution < -0.4 is 15.4 Å². The Morgan fingerprint density at radius 3 is 2.46 bits per heavy atom. The van der Waals surface area contributed by atoms with E-state index < -0.39 is 23.6 Å². The molecule has 24 heavy (non-hydrogen) atoms. The zero-order chi connectivity index (χ0) is 17.3. The van der Waals surface area contributed by atoms with Crippen molar-refractivity contribution in [2.24, 2.45) is 0 Å². The average molecular weight is 348 g/mol. The molecule has 0 aliphatic carbocycles. The van der Waals surface area contributed by atoms with Crippen molar-refractivity contribution in [3.63, 3.8) is 0 Å². The minimum atomic E-state index is -1.42. The number of hydrogen-bond acceptors (Lipinski definition) is 5. The first-order valence-electron chi connectivity index (χ1n) is 7.09. The summed E-state index contributed by atoms with van der Waals surface area (Å²) in [5.41, 5.74) is -0.955. The third-order valence-electron chi connectivity index (χ3n) is 3.74. The fourth-order valence-corrected chi connectivity index (χ4v) is 2.46. The molecule has 7 nitrogen and oxygen atoms in total. The zero-order valence-electron chi connectivity index (χ0n) is 12.6. The number of benzene rings is 1. The van der Waals surface area contributed by atoms with Gasteiger partial charge in [0.25, 0.3) is 5.91 Å². The van der Waals surface area contributed by atoms with Crippen molar-refractivity contribution in [3.8, 4) is 11.6 Å². The molecule has 3 amide bonds. The minimum Gasteiger partial charge on any atom is -0.439 e. The minimum absolute atomic E-state index is 0.377. The summed E-state index contributed by atoms with van der Waals surface area (Å²) in [6.45, 7) is 1.46. The number of carbonyl (C=O) groups is 2. The third kappa shape index (κ3) is 3.04. The Morgan fingerprint density at radius 1 is 1.21 bits per heavy atom. The molecule has 2 unspecified atom stereocenters. The summed E-state index contributed by atoms with van der Waals surface area (Å²) in [6, 6.07) is 9.14. The lowest BCUT2D eigenvalue weighted by Gasteiger charge is -2.27. The molecule has 0 bridgehead atoms. The van der Waals surface area contributed by atoms with Gasteiger partial charge in [-0.05, 0) is 30.7 Å². The van der Waals surface area contributed by atoms with Crippen LogP contribution >= 0.6 is 11.6 Å². The molecule has 0 radical (unpaired) electrons. The molecule has 0 spiro atoms. The Labute approximate surface area is 142 Å². The molecule has 1 fully saturated rings. The summed E-state index contributed by atoms with van der Waals surface area (Å²) in [7, 11) is 0. The summed E-state index contributed by atoms with van der Waals surface area (Å²) in [6.07, 6.45) is 0.267. The number of imide groups is 1. The molecule has 2 atom stereocenters. The van der Waals surface area contributed by atoms with E-state index in [2.05, 4.69) is 15.6 Å². The van der Waals surface area contributed by atoms with E-state index >= 15 is 0 Å². The molecular weight excluding hydrogens is 334 g/mol. The maximum atomic E-state index is 11.9. The summed E-state index contributed by atoms with van der Waals surface area (Å²) in [4.78, 5) is 27.2. The van der Waals surface area contributed by atoms with E-state index in [-0.39, 0.29) is 0 Å². The van der Waals surface area contributed by atoms with E-state index in [0.717, 1.165) is 0 Å². The second-order valence-electron chi connectivity index (χ2n) is 5.50. The number of urea groups is 1. The van der Waals surface area contributed by atoms with Crippen LogP contribution in [0.15, 0.2) is 42.6 Å². The fraction of sp³-hybridized carbons (Fsp3) is 0.188. The monoisotopic (exact) mass is 347 g/mol. The molecule has 124 valence electrons. The fourth-order valence-electron chi connectivity index (χ4n) is 2.34. The van der Waals surface area contributed by atoms with E-state index in [1.54, 1.807) is 36.4 Å². The van der Waals surface area contributed by atoms with E-state index in [4.69, 9.17) is 16.3 Å². The van der Waals surface area contributed by atoms with Crippen molar-refractivity contribution < 1.29 is 19.4 Å². The van der Waals surface area contributed by atoms with Gasteiger partial charge < -0.3 is 15.2 Å². The van der Waals surface area contributed by atoms with Gasteiger partial charge >= 0.3 is 6.03 Å². The summed E-state index contributed by atoms with van der Waals surface area (Å²) in [5.74, 6) is 0.304. The lowest BCUT2D eigenvalue weighted by atomic mass is 9.89. The third-order valence-corrected chi connectivity index (χ3v) is 3.96. The lowest BCUT2D eigenvalue weighted by Crippen LogP contribution is -2.49. The van der Waals surface area contributed by atoms with Crippen LogP contribution in [0, 0.1) is 0 Å². The predicted molar refractivity (Wildman–Crippen MR) is 85.8 cm³/mol. The van der Waals surface area contributed by atoms with Gasteiger partial charge in [0.1, 0.15) is 17.4 Å². The molecule has 2 heterocycles. The number of nitrogens with zero attached hydrogens (tertiary/aromatic N) is 1. The molecule has 1 saturated heterocycles. The predicted octanol–water partition coefficient (Wildman–Crippen LogP) is 2.16. The summed E-state index contributed by atoms with van der Waals surface area (Å²) < 4.78 is 5.56. The quantitative estimate of drug-likeness (QED) is 0.736. The molecule has 3 rings (SSSR count). The van der Waals surface area contributed by atoms with Gasteiger partial charge in [0.15, 0.2) is 0 Å². The van der Waals surface area contributed by atoms with Gasteiger partial charge in [-0.3, -0.25) is 10.1 Å². The number of aromatic nitrogens is 1. The van der Waals surface area contributed by atoms with Crippen LogP contribution in [0.3, 0.4) is 0 Å². The first-order valence-corrected chi connectivity index (χ1v) is 7.47. The van der Waals surface area contributed by atoms with Gasteiger partial charge in [0.05, 0.1) is 5.02 Å². The number of rotatable bonds is 4. The molecule has 1 aromatic heterocycles. The summed E-state index contributed by atoms with van der Waals surface area (Å²) >= 11 is 5.76. The zero-order valence-corrected chi connectivity index (χ0v) is 13.4. The first-order chi connectivity index (χ1) is 11.4. The molecule has 1 aliphatic heterocycles. The first kappa shape index (κ1) is 16.2. The molecule has 2 aromatic rings. The highest BCUT2D eigenvalue weighted by atomic mass is 35.5. The SMILES string of the molecule is CC1(C(O)c2ccc(Oc3ccc(Cl)cn3)cc2)NC(=O)NC1=O. The van der Waals surface area contributed by atoms with Crippen LogP contribution in [-0.4, -0.2) is 27.6 Å². The molecule has 1 aliphatic rings. The number of aliphatic hydroxyl groups excluding tert-OH is 1. The van der Waals surface area contributed by atoms with E-state index in [0.29, 0.717) is 22.2 Å². The average Bonchev–Trinajstić information content (AvgIpc) is 2.83. The van der Waals surface area contributed by atoms with Crippen molar-refractivity contribution in [2.45, 2.75) is 18.6 Å². The number of halogens is 1. The highest BCUT2D eigenvalue weighted by molar-refractivity contribution is 6.30. The maximum absolute atomic E-state index is 11.9. The maximum Gasteiger partial charge on any atom is 0.322 e. The van der Waals surface area contributed by atoms with Crippen LogP contribution in [0.4, 0.5) is 4.79 Å². The van der Waals surface area contributed by atoms with Crippen LogP contribution in [0.5, 0.6) is 11.6 Å². The Kier molecular flexibility index (Phi) is 4.13. The van der Waals surface area contributed by atoms with Gasteiger partial charge in [-0.15, -0.1) is 0 Å². The van der Waals surface area contributed by atoms with Crippen LogP contribution in [0.25, 0.3) is 0 Å². The largest absolute Gasteiger partial charge is 0.439 e. The Hall–Kier alpha value is -2.64. The number of ether oxygens (including phenoxy) is 1. The standard InChI is InChI=1S/C16H14ClN3O4/c1-16(14(22)19-15(23)20-16)13(21)9-2-5-11(6-3-9)24-12-7-4-10(17)8-18-12/h2-8,13,21H,1H3,(H2,19,20,22,23). The van der Waals surface area contributed by atoms with Crippen molar-refractivity contribution in [1.29, 1.82) is 0 Å². The number of pyridine rings is 1. The second kappa shape index (κ2) is 6.10. The smallest absolute Gasteiger partial charge is 0.322 e. The number of hydrogen-bond donors (Lipinski definition) is 3.